The van der Waals surface area contributed by atoms with Crippen molar-refractivity contribution in [2.75, 3.05) is 12.3 Å². The number of carboxylic acid groups (broad SMARTS) is 1. The van der Waals surface area contributed by atoms with Crippen LogP contribution in [-0.2, 0) is 20.1 Å². The highest BCUT2D eigenvalue weighted by Crippen LogP contribution is 2.39. The van der Waals surface area contributed by atoms with Crippen molar-refractivity contribution in [3.63, 3.8) is 0 Å². The number of Topliss-reactive ketones (excluding diaryl/α,β-unsaturated/α-hetero) is 1. The highest BCUT2D eigenvalue weighted by Gasteiger charge is 2.60. The molecule has 3 rings (SSSR count). The van der Waals surface area contributed by atoms with E-state index >= 15 is 0 Å². The molecule has 2 aromatic heterocycles. The van der Waals surface area contributed by atoms with E-state index in [9.17, 15) is 34.8 Å². The van der Waals surface area contributed by atoms with Gasteiger partial charge in [-0.1, -0.05) is 19.8 Å². The van der Waals surface area contributed by atoms with Crippen LogP contribution in [0.1, 0.15) is 45.4 Å². The smallest absolute Gasteiger partial charge is 0.306 e. The summed E-state index contributed by atoms with van der Waals surface area (Å²) in [6.07, 6.45) is -1.39. The van der Waals surface area contributed by atoms with Gasteiger partial charge in [0.15, 0.2) is 16.9 Å². The summed E-state index contributed by atoms with van der Waals surface area (Å²) >= 11 is 0. The van der Waals surface area contributed by atoms with Crippen LogP contribution < -0.4 is 11.3 Å². The van der Waals surface area contributed by atoms with Gasteiger partial charge >= 0.3 is 5.97 Å². The lowest BCUT2D eigenvalue weighted by Gasteiger charge is -2.32. The number of carbonyl (C=O) groups excluding carboxylic acids is 1. The van der Waals surface area contributed by atoms with Crippen LogP contribution in [0.5, 0.6) is 0 Å². The Morgan fingerprint density at radius 3 is 2.64 bits per heavy atom. The molecule has 3 heterocycles. The van der Waals surface area contributed by atoms with Crippen LogP contribution in [-0.4, -0.2) is 76.6 Å². The predicted octanol–water partition coefficient (Wildman–Crippen LogP) is -0.902. The molecule has 1 saturated heterocycles. The third kappa shape index (κ3) is 4.49. The van der Waals surface area contributed by atoms with Crippen molar-refractivity contribution in [2.24, 2.45) is 5.92 Å². The number of aliphatic hydroxyl groups is 3. The molecule has 0 aromatic carbocycles. The first-order chi connectivity index (χ1) is 15.7. The Balaban J connectivity index is 1.96. The zero-order valence-corrected chi connectivity index (χ0v) is 18.2. The predicted molar refractivity (Wildman–Crippen MR) is 114 cm³/mol. The van der Waals surface area contributed by atoms with Crippen LogP contribution in [0.3, 0.4) is 0 Å². The minimum Gasteiger partial charge on any atom is -0.481 e. The maximum Gasteiger partial charge on any atom is 0.306 e. The Kier molecular flexibility index (Phi) is 7.47. The van der Waals surface area contributed by atoms with Crippen molar-refractivity contribution in [3.05, 3.63) is 16.7 Å². The van der Waals surface area contributed by atoms with Crippen LogP contribution in [0.4, 0.5) is 5.95 Å². The van der Waals surface area contributed by atoms with Crippen molar-refractivity contribution in [1.29, 1.82) is 0 Å². The number of nitrogens with one attached hydrogen (secondary N) is 1. The fourth-order valence-corrected chi connectivity index (χ4v) is 4.21. The van der Waals surface area contributed by atoms with E-state index in [1.54, 1.807) is 0 Å². The van der Waals surface area contributed by atoms with E-state index in [0.717, 1.165) is 23.7 Å². The second kappa shape index (κ2) is 9.95. The molecule has 1 aliphatic heterocycles. The summed E-state index contributed by atoms with van der Waals surface area (Å²) in [6, 6.07) is 0. The number of carboxylic acids is 1. The first kappa shape index (κ1) is 24.8. The number of aromatic amines is 1. The maximum absolute atomic E-state index is 13.4. The molecule has 1 fully saturated rings. The van der Waals surface area contributed by atoms with E-state index in [4.69, 9.17) is 10.5 Å². The number of anilines is 1. The number of unbranched alkanes of at least 4 members (excludes halogenated alkanes) is 1. The molecule has 0 amide bonds. The minimum absolute atomic E-state index is 0.152. The van der Waals surface area contributed by atoms with Gasteiger partial charge in [0.1, 0.15) is 24.6 Å². The average molecular weight is 467 g/mol. The molecular formula is C20H29N5O8. The Labute approximate surface area is 188 Å². The third-order valence-corrected chi connectivity index (χ3v) is 6.01. The Hall–Kier alpha value is -2.87. The van der Waals surface area contributed by atoms with Gasteiger partial charge in [-0.2, -0.15) is 4.98 Å². The number of H-pyrrole nitrogens is 1. The number of aromatic nitrogens is 4. The number of nitrogens with zero attached hydrogens (tertiary/aromatic N) is 3. The van der Waals surface area contributed by atoms with Crippen molar-refractivity contribution < 1.29 is 34.8 Å². The van der Waals surface area contributed by atoms with E-state index in [1.165, 1.54) is 0 Å². The molecule has 5 atom stereocenters. The van der Waals surface area contributed by atoms with E-state index < -0.39 is 53.9 Å². The molecule has 1 unspecified atom stereocenters. The zero-order chi connectivity index (χ0) is 24.3. The van der Waals surface area contributed by atoms with Crippen molar-refractivity contribution in [3.8, 4) is 0 Å². The monoisotopic (exact) mass is 467 g/mol. The molecular weight excluding hydrogens is 438 g/mol. The van der Waals surface area contributed by atoms with Gasteiger partial charge in [0.25, 0.3) is 5.56 Å². The van der Waals surface area contributed by atoms with Crippen LogP contribution in [0.2, 0.25) is 0 Å². The standard InChI is InChI=1S/C20H29N5O8/c1-2-3-5-10(18(31)32)6-4-7-12(27)20(15(29)14(28)11(8-26)33-20)25-9-22-13-16(25)23-19(21)24-17(13)30/h9-11,14-15,26,28-29H,2-8H2,1H3,(H,31,32)(H3,21,23,24,30)/t10?,11-,14-,15-,20-/m1/s1. The summed E-state index contributed by atoms with van der Waals surface area (Å²) in [5.41, 5.74) is 2.39. The van der Waals surface area contributed by atoms with Crippen molar-refractivity contribution >= 4 is 28.9 Å². The molecule has 0 aliphatic carbocycles. The Morgan fingerprint density at radius 1 is 1.33 bits per heavy atom. The molecule has 1 aliphatic rings. The molecule has 7 N–H and O–H groups in total. The second-order valence-electron chi connectivity index (χ2n) is 8.20. The first-order valence-corrected chi connectivity index (χ1v) is 10.8. The molecule has 182 valence electrons. The SMILES string of the molecule is CCCCC(CCCC(=O)[C@@]1(n2cnc3c(=O)[nH]c(N)nc32)O[C@H](CO)[C@@H](O)[C@H]1O)C(=O)O. The van der Waals surface area contributed by atoms with Gasteiger partial charge in [0, 0.05) is 6.42 Å². The number of ether oxygens (including phenoxy) is 1. The lowest BCUT2D eigenvalue weighted by molar-refractivity contribution is -0.174. The van der Waals surface area contributed by atoms with Crippen molar-refractivity contribution in [1.82, 2.24) is 19.5 Å². The summed E-state index contributed by atoms with van der Waals surface area (Å²) in [7, 11) is 0. The van der Waals surface area contributed by atoms with Crippen molar-refractivity contribution in [2.45, 2.75) is 69.5 Å². The van der Waals surface area contributed by atoms with E-state index in [-0.39, 0.29) is 36.4 Å². The van der Waals surface area contributed by atoms with Gasteiger partial charge in [-0.3, -0.25) is 23.9 Å². The highest BCUT2D eigenvalue weighted by molar-refractivity contribution is 5.88. The number of ketones is 1. The summed E-state index contributed by atoms with van der Waals surface area (Å²) < 4.78 is 6.73. The molecule has 33 heavy (non-hydrogen) atoms. The number of aliphatic carboxylic acids is 1. The highest BCUT2D eigenvalue weighted by atomic mass is 16.6. The Morgan fingerprint density at radius 2 is 2.03 bits per heavy atom. The normalized spacial score (nSPS) is 26.0. The number of carbonyl (C=O) groups is 2. The summed E-state index contributed by atoms with van der Waals surface area (Å²) in [6.45, 7) is 1.27. The molecule has 13 heteroatoms. The van der Waals surface area contributed by atoms with E-state index in [0.29, 0.717) is 6.42 Å². The van der Waals surface area contributed by atoms with Crippen LogP contribution in [0.25, 0.3) is 11.2 Å². The summed E-state index contributed by atoms with van der Waals surface area (Å²) in [5, 5.41) is 40.2. The number of nitrogen functional groups attached to an aromatic ring is 1. The first-order valence-electron chi connectivity index (χ1n) is 10.8. The number of aliphatic hydroxyl groups excluding tert-OH is 3. The van der Waals surface area contributed by atoms with Crippen LogP contribution >= 0.6 is 0 Å². The molecule has 0 spiro atoms. The van der Waals surface area contributed by atoms with Gasteiger partial charge in [-0.25, -0.2) is 4.98 Å². The lowest BCUT2D eigenvalue weighted by Crippen LogP contribution is -2.51. The average Bonchev–Trinajstić information content (AvgIpc) is 3.30. The summed E-state index contributed by atoms with van der Waals surface area (Å²) in [4.78, 5) is 47.3. The van der Waals surface area contributed by atoms with E-state index in [2.05, 4.69) is 15.0 Å². The molecule has 0 radical (unpaired) electrons. The lowest BCUT2D eigenvalue weighted by atomic mass is 9.91. The number of imidazole rings is 1. The van der Waals surface area contributed by atoms with Crippen LogP contribution in [0.15, 0.2) is 11.1 Å². The molecule has 2 aromatic rings. The van der Waals surface area contributed by atoms with E-state index in [1.807, 2.05) is 6.92 Å². The number of nitrogens with two attached hydrogens (primary N) is 1. The van der Waals surface area contributed by atoms with Gasteiger partial charge < -0.3 is 30.9 Å². The molecule has 13 nitrogen and oxygen atoms in total. The fraction of sp³-hybridized carbons (Fsp3) is 0.650. The number of rotatable bonds is 11. The number of fused-ring (bicyclic) bond motifs is 1. The maximum atomic E-state index is 13.4. The van der Waals surface area contributed by atoms with Gasteiger partial charge in [0.2, 0.25) is 11.7 Å². The quantitative estimate of drug-likeness (QED) is 0.238. The summed E-state index contributed by atoms with van der Waals surface area (Å²) in [5.74, 6) is -2.51. The topological polar surface area (TPSA) is 214 Å². The van der Waals surface area contributed by atoms with Gasteiger partial charge in [0.05, 0.1) is 12.5 Å². The van der Waals surface area contributed by atoms with Crippen LogP contribution in [0, 0.1) is 5.92 Å². The number of hydrogen-bond donors (Lipinski definition) is 6. The molecule has 0 bridgehead atoms. The Bertz CT molecular complexity index is 1070. The fourth-order valence-electron chi connectivity index (χ4n) is 4.21. The van der Waals surface area contributed by atoms with Gasteiger partial charge in [-0.15, -0.1) is 0 Å². The zero-order valence-electron chi connectivity index (χ0n) is 18.2. The second-order valence-corrected chi connectivity index (χ2v) is 8.20. The minimum atomic E-state index is -2.24. The largest absolute Gasteiger partial charge is 0.481 e. The van der Waals surface area contributed by atoms with Gasteiger partial charge in [-0.05, 0) is 19.3 Å². The molecule has 0 saturated carbocycles. The third-order valence-electron chi connectivity index (χ3n) is 6.01. The number of hydrogen-bond acceptors (Lipinski definition) is 10.